The first kappa shape index (κ1) is 25.9. The van der Waals surface area contributed by atoms with Crippen molar-refractivity contribution in [3.8, 4) is 11.4 Å². The second-order valence-corrected chi connectivity index (χ2v) is 7.68. The second-order valence-electron chi connectivity index (χ2n) is 7.68. The number of aromatic nitrogens is 5. The lowest BCUT2D eigenvalue weighted by molar-refractivity contribution is -0.141. The normalized spacial score (nSPS) is 11.3. The number of nitrogen functional groups attached to an aromatic ring is 1. The number of alkyl halides is 3. The van der Waals surface area contributed by atoms with Gasteiger partial charge in [-0.1, -0.05) is 6.07 Å². The average Bonchev–Trinajstić information content (AvgIpc) is 3.49. The molecular formula is C23H19F3N8O4. The van der Waals surface area contributed by atoms with Gasteiger partial charge in [-0.3, -0.25) is 14.2 Å². The number of amides is 2. The molecule has 0 spiro atoms. The van der Waals surface area contributed by atoms with Crippen LogP contribution in [0.15, 0.2) is 54.6 Å². The van der Waals surface area contributed by atoms with Gasteiger partial charge in [0.05, 0.1) is 18.0 Å². The third-order valence-corrected chi connectivity index (χ3v) is 5.14. The number of hydrogen-bond acceptors (Lipinski definition) is 8. The van der Waals surface area contributed by atoms with Gasteiger partial charge in [-0.2, -0.15) is 18.3 Å². The molecule has 0 atom stereocenters. The maximum absolute atomic E-state index is 13.4. The SMILES string of the molecule is CCOC(=O)c1nnc(N)n1-c1ccc(NC(=O)c2cc(C(F)(F)F)nn2-c2cccc(C(N)=O)c2)cc1. The summed E-state index contributed by atoms with van der Waals surface area (Å²) in [7, 11) is 0. The highest BCUT2D eigenvalue weighted by molar-refractivity contribution is 6.03. The molecule has 0 fully saturated rings. The van der Waals surface area contributed by atoms with Crippen LogP contribution in [0.2, 0.25) is 0 Å². The first-order valence-electron chi connectivity index (χ1n) is 10.9. The highest BCUT2D eigenvalue weighted by atomic mass is 19.4. The lowest BCUT2D eigenvalue weighted by Crippen LogP contribution is -2.18. The maximum Gasteiger partial charge on any atom is 0.435 e. The minimum absolute atomic E-state index is 0.0176. The highest BCUT2D eigenvalue weighted by Gasteiger charge is 2.36. The van der Waals surface area contributed by atoms with E-state index < -0.39 is 35.3 Å². The molecule has 0 saturated heterocycles. The number of anilines is 2. The fourth-order valence-corrected chi connectivity index (χ4v) is 3.44. The molecule has 2 aromatic carbocycles. The number of halogens is 3. The number of benzene rings is 2. The van der Waals surface area contributed by atoms with E-state index in [0.717, 1.165) is 4.68 Å². The van der Waals surface area contributed by atoms with Crippen LogP contribution in [0.5, 0.6) is 0 Å². The van der Waals surface area contributed by atoms with Crippen LogP contribution in [0, 0.1) is 0 Å². The number of carbonyl (C=O) groups is 3. The first-order valence-corrected chi connectivity index (χ1v) is 10.9. The Morgan fingerprint density at radius 2 is 1.74 bits per heavy atom. The zero-order chi connectivity index (χ0) is 27.6. The quantitative estimate of drug-likeness (QED) is 0.307. The zero-order valence-corrected chi connectivity index (χ0v) is 19.6. The van der Waals surface area contributed by atoms with Gasteiger partial charge in [0, 0.05) is 17.3 Å². The molecule has 5 N–H and O–H groups in total. The summed E-state index contributed by atoms with van der Waals surface area (Å²) in [5, 5.41) is 13.4. The van der Waals surface area contributed by atoms with Crippen molar-refractivity contribution >= 4 is 29.4 Å². The van der Waals surface area contributed by atoms with Crippen molar-refractivity contribution in [1.82, 2.24) is 24.5 Å². The van der Waals surface area contributed by atoms with Crippen LogP contribution >= 0.6 is 0 Å². The van der Waals surface area contributed by atoms with E-state index in [-0.39, 0.29) is 35.3 Å². The van der Waals surface area contributed by atoms with E-state index in [1.807, 2.05) is 0 Å². The van der Waals surface area contributed by atoms with Crippen molar-refractivity contribution in [2.75, 3.05) is 17.7 Å². The van der Waals surface area contributed by atoms with Crippen LogP contribution in [-0.4, -0.2) is 48.9 Å². The Hall–Kier alpha value is -5.21. The number of ether oxygens (including phenoxy) is 1. The molecule has 38 heavy (non-hydrogen) atoms. The molecule has 0 saturated carbocycles. The van der Waals surface area contributed by atoms with Crippen LogP contribution in [0.4, 0.5) is 24.8 Å². The summed E-state index contributed by atoms with van der Waals surface area (Å²) in [6.07, 6.45) is -4.83. The van der Waals surface area contributed by atoms with E-state index in [1.54, 1.807) is 6.92 Å². The van der Waals surface area contributed by atoms with Gasteiger partial charge in [0.15, 0.2) is 5.69 Å². The fourth-order valence-electron chi connectivity index (χ4n) is 3.44. The predicted octanol–water partition coefficient (Wildman–Crippen LogP) is 2.58. The largest absolute Gasteiger partial charge is 0.460 e. The van der Waals surface area contributed by atoms with Crippen molar-refractivity contribution in [2.45, 2.75) is 13.1 Å². The standard InChI is InChI=1S/C23H19F3N8O4/c1-2-38-21(37)19-30-31-22(28)33(19)14-8-6-13(7-9-14)29-20(36)16-11-17(23(24,25)26)32-34(16)15-5-3-4-12(10-15)18(27)35/h3-11H,2H2,1H3,(H2,27,35)(H2,28,31)(H,29,36). The van der Waals surface area contributed by atoms with Crippen molar-refractivity contribution < 1.29 is 32.3 Å². The average molecular weight is 528 g/mol. The summed E-state index contributed by atoms with van der Waals surface area (Å²) in [4.78, 5) is 36.7. The third-order valence-electron chi connectivity index (χ3n) is 5.14. The summed E-state index contributed by atoms with van der Waals surface area (Å²) in [5.74, 6) is -2.72. The number of carbonyl (C=O) groups excluding carboxylic acids is 3. The van der Waals surface area contributed by atoms with Gasteiger partial charge in [-0.25, -0.2) is 9.48 Å². The van der Waals surface area contributed by atoms with Crippen LogP contribution in [-0.2, 0) is 10.9 Å². The topological polar surface area (TPSA) is 173 Å². The first-order chi connectivity index (χ1) is 18.0. The fraction of sp³-hybridized carbons (Fsp3) is 0.130. The van der Waals surface area contributed by atoms with Crippen molar-refractivity contribution in [3.63, 3.8) is 0 Å². The Morgan fingerprint density at radius 1 is 1.03 bits per heavy atom. The molecule has 196 valence electrons. The van der Waals surface area contributed by atoms with E-state index >= 15 is 0 Å². The van der Waals surface area contributed by atoms with Gasteiger partial charge in [-0.15, -0.1) is 10.2 Å². The monoisotopic (exact) mass is 528 g/mol. The smallest absolute Gasteiger partial charge is 0.435 e. The van der Waals surface area contributed by atoms with Gasteiger partial charge in [0.1, 0.15) is 5.69 Å². The highest BCUT2D eigenvalue weighted by Crippen LogP contribution is 2.30. The maximum atomic E-state index is 13.4. The van der Waals surface area contributed by atoms with Crippen LogP contribution in [0.25, 0.3) is 11.4 Å². The van der Waals surface area contributed by atoms with Crippen LogP contribution in [0.1, 0.15) is 44.1 Å². The molecule has 4 rings (SSSR count). The predicted molar refractivity (Wildman–Crippen MR) is 127 cm³/mol. The molecule has 12 nitrogen and oxygen atoms in total. The van der Waals surface area contributed by atoms with Gasteiger partial charge >= 0.3 is 12.1 Å². The van der Waals surface area contributed by atoms with E-state index in [2.05, 4.69) is 20.6 Å². The van der Waals surface area contributed by atoms with E-state index in [4.69, 9.17) is 16.2 Å². The number of rotatable bonds is 7. The lowest BCUT2D eigenvalue weighted by Gasteiger charge is -2.11. The van der Waals surface area contributed by atoms with Crippen LogP contribution < -0.4 is 16.8 Å². The third kappa shape index (κ3) is 5.16. The van der Waals surface area contributed by atoms with Crippen LogP contribution in [0.3, 0.4) is 0 Å². The minimum atomic E-state index is -4.83. The van der Waals surface area contributed by atoms with Crippen molar-refractivity contribution in [2.24, 2.45) is 5.73 Å². The molecule has 15 heteroatoms. The Morgan fingerprint density at radius 3 is 2.37 bits per heavy atom. The molecule has 0 bridgehead atoms. The Labute approximate surface area is 212 Å². The van der Waals surface area contributed by atoms with E-state index in [1.165, 1.54) is 53.1 Å². The summed E-state index contributed by atoms with van der Waals surface area (Å²) in [5.41, 5.74) is 9.93. The molecule has 4 aromatic rings. The Balaban J connectivity index is 1.65. The number of nitrogens with two attached hydrogens (primary N) is 2. The molecule has 0 radical (unpaired) electrons. The Kier molecular flexibility index (Phi) is 6.83. The van der Waals surface area contributed by atoms with Gasteiger partial charge < -0.3 is 21.5 Å². The lowest BCUT2D eigenvalue weighted by atomic mass is 10.2. The van der Waals surface area contributed by atoms with Crippen molar-refractivity contribution in [3.05, 3.63) is 77.4 Å². The molecule has 2 amide bonds. The Bertz CT molecular complexity index is 1530. The van der Waals surface area contributed by atoms with Crippen molar-refractivity contribution in [1.29, 1.82) is 0 Å². The minimum Gasteiger partial charge on any atom is -0.460 e. The summed E-state index contributed by atoms with van der Waals surface area (Å²) >= 11 is 0. The number of hydrogen-bond donors (Lipinski definition) is 3. The zero-order valence-electron chi connectivity index (χ0n) is 19.6. The summed E-state index contributed by atoms with van der Waals surface area (Å²) in [6.45, 7) is 1.73. The molecule has 0 aliphatic heterocycles. The summed E-state index contributed by atoms with van der Waals surface area (Å²) in [6, 6.07) is 11.8. The number of nitrogens with one attached hydrogen (secondary N) is 1. The molecule has 2 aromatic heterocycles. The van der Waals surface area contributed by atoms with Gasteiger partial charge in [-0.05, 0) is 49.4 Å². The molecule has 0 unspecified atom stereocenters. The number of nitrogens with zero attached hydrogens (tertiary/aromatic N) is 5. The van der Waals surface area contributed by atoms with E-state index in [0.29, 0.717) is 11.8 Å². The molecule has 0 aliphatic carbocycles. The van der Waals surface area contributed by atoms with Gasteiger partial charge in [0.2, 0.25) is 17.7 Å². The molecule has 2 heterocycles. The number of esters is 1. The molecular weight excluding hydrogens is 509 g/mol. The van der Waals surface area contributed by atoms with E-state index in [9.17, 15) is 27.6 Å². The number of primary amides is 1. The van der Waals surface area contributed by atoms with Gasteiger partial charge in [0.25, 0.3) is 5.91 Å². The molecule has 0 aliphatic rings. The second kappa shape index (κ2) is 10.0. The summed E-state index contributed by atoms with van der Waals surface area (Å²) < 4.78 is 47.2.